The molecule has 6 aromatic rings. The highest BCUT2D eigenvalue weighted by Crippen LogP contribution is 2.44. The molecule has 0 radical (unpaired) electrons. The van der Waals surface area contributed by atoms with Crippen LogP contribution in [0.3, 0.4) is 0 Å². The minimum atomic E-state index is -1.91. The maximum Gasteiger partial charge on any atom is 0.387 e. The van der Waals surface area contributed by atoms with E-state index in [2.05, 4.69) is 0 Å². The summed E-state index contributed by atoms with van der Waals surface area (Å²) in [7, 11) is -3.76. The molecule has 9 nitrogen and oxygen atoms in total. The molecule has 226 valence electrons. The number of hydrogen-bond donors (Lipinski definition) is 0. The molecule has 2 aromatic heterocycles. The number of rotatable bonds is 5. The molecular formula is C33H30O9P2. The van der Waals surface area contributed by atoms with Gasteiger partial charge in [0.1, 0.15) is 40.6 Å². The SMILES string of the molecule is C[C@H](Op1oc2ccccc2c2ccccc2o1)[C@H]1O[C@@H]2OC(C)(C)O[C@@H]2[C@@H]1Op1oc2ccccc2c2ccccc2o1. The van der Waals surface area contributed by atoms with Gasteiger partial charge in [-0.25, -0.2) is 0 Å². The van der Waals surface area contributed by atoms with Gasteiger partial charge in [0.2, 0.25) is 0 Å². The van der Waals surface area contributed by atoms with Crippen molar-refractivity contribution in [2.75, 3.05) is 0 Å². The number of fused-ring (bicyclic) bond motifs is 7. The highest BCUT2D eigenvalue weighted by molar-refractivity contribution is 7.32. The summed E-state index contributed by atoms with van der Waals surface area (Å²) >= 11 is 0. The third kappa shape index (κ3) is 5.15. The Morgan fingerprint density at radius 2 is 1.05 bits per heavy atom. The van der Waals surface area contributed by atoms with Crippen molar-refractivity contribution in [2.24, 2.45) is 0 Å². The van der Waals surface area contributed by atoms with Crippen LogP contribution < -0.4 is 9.05 Å². The molecular weight excluding hydrogens is 602 g/mol. The van der Waals surface area contributed by atoms with E-state index >= 15 is 0 Å². The van der Waals surface area contributed by atoms with Crippen molar-refractivity contribution in [3.63, 3.8) is 0 Å². The van der Waals surface area contributed by atoms with E-state index in [1.54, 1.807) is 0 Å². The smallest absolute Gasteiger partial charge is 0.387 e. The molecule has 4 heterocycles. The molecule has 0 aliphatic carbocycles. The first-order valence-corrected chi connectivity index (χ1v) is 16.6. The zero-order chi connectivity index (χ0) is 29.8. The molecule has 4 aromatic carbocycles. The molecule has 8 rings (SSSR count). The Morgan fingerprint density at radius 1 is 0.614 bits per heavy atom. The molecule has 0 amide bonds. The van der Waals surface area contributed by atoms with Crippen LogP contribution >= 0.6 is 16.5 Å². The van der Waals surface area contributed by atoms with E-state index in [4.69, 9.17) is 40.0 Å². The number of ether oxygens (including phenoxy) is 3. The maximum atomic E-state index is 6.65. The van der Waals surface area contributed by atoms with E-state index in [-0.39, 0.29) is 0 Å². The summed E-state index contributed by atoms with van der Waals surface area (Å²) in [5.41, 5.74) is 2.71. The standard InChI is InChI=1S/C33H30O9P2/c1-20(37-43-38-25-16-8-4-12-21(25)22-13-5-9-17-26(22)39-43)29-30(31-32(34-29)36-33(2,3)35-31)42-44-40-27-18-10-6-14-23(27)24-15-7-11-19-28(24)41-44/h4-20,29-32H,1-3H3/t20-,29+,30+,31+,32+/m0/s1. The summed E-state index contributed by atoms with van der Waals surface area (Å²) in [5, 5.41) is 3.73. The van der Waals surface area contributed by atoms with Crippen LogP contribution in [0.15, 0.2) is 114 Å². The van der Waals surface area contributed by atoms with Crippen LogP contribution in [0.1, 0.15) is 20.8 Å². The first-order valence-electron chi connectivity index (χ1n) is 14.5. The van der Waals surface area contributed by atoms with Crippen LogP contribution in [0.2, 0.25) is 0 Å². The van der Waals surface area contributed by atoms with Gasteiger partial charge in [0.25, 0.3) is 0 Å². The minimum Gasteiger partial charge on any atom is -0.399 e. The molecule has 2 aliphatic heterocycles. The van der Waals surface area contributed by atoms with E-state index in [1.165, 1.54) is 0 Å². The fraction of sp³-hybridized carbons (Fsp3) is 0.273. The molecule has 44 heavy (non-hydrogen) atoms. The first-order chi connectivity index (χ1) is 21.4. The third-order valence-electron chi connectivity index (χ3n) is 7.77. The van der Waals surface area contributed by atoms with Crippen molar-refractivity contribution < 1.29 is 40.0 Å². The van der Waals surface area contributed by atoms with Gasteiger partial charge in [-0.2, -0.15) is 0 Å². The van der Waals surface area contributed by atoms with Crippen molar-refractivity contribution in [3.05, 3.63) is 97.1 Å². The van der Waals surface area contributed by atoms with E-state index in [9.17, 15) is 0 Å². The molecule has 2 saturated heterocycles. The van der Waals surface area contributed by atoms with Gasteiger partial charge in [-0.05, 0) is 45.0 Å². The summed E-state index contributed by atoms with van der Waals surface area (Å²) in [6.45, 7) is 5.60. The lowest BCUT2D eigenvalue weighted by Crippen LogP contribution is -2.44. The molecule has 2 aliphatic rings. The second-order valence-corrected chi connectivity index (χ2v) is 13.3. The fourth-order valence-electron chi connectivity index (χ4n) is 5.82. The lowest BCUT2D eigenvalue weighted by Gasteiger charge is -2.27. The average molecular weight is 633 g/mol. The van der Waals surface area contributed by atoms with Gasteiger partial charge >= 0.3 is 16.5 Å². The van der Waals surface area contributed by atoms with Crippen molar-refractivity contribution in [2.45, 2.75) is 57.3 Å². The molecule has 0 saturated carbocycles. The summed E-state index contributed by atoms with van der Waals surface area (Å²) in [4.78, 5) is 0. The Hall–Kier alpha value is -3.52. The Labute approximate surface area is 254 Å². The molecule has 0 bridgehead atoms. The summed E-state index contributed by atoms with van der Waals surface area (Å²) in [5.74, 6) is -0.853. The van der Waals surface area contributed by atoms with Gasteiger partial charge in [-0.1, -0.05) is 72.8 Å². The van der Waals surface area contributed by atoms with Gasteiger partial charge in [0.15, 0.2) is 12.1 Å². The topological polar surface area (TPSA) is 98.7 Å². The second kappa shape index (κ2) is 11.1. The van der Waals surface area contributed by atoms with Crippen LogP contribution in [0.25, 0.3) is 43.9 Å². The maximum absolute atomic E-state index is 6.65. The largest absolute Gasteiger partial charge is 0.399 e. The summed E-state index contributed by atoms with van der Waals surface area (Å²) in [6.07, 6.45) is -3.03. The lowest BCUT2D eigenvalue weighted by molar-refractivity contribution is -0.218. The molecule has 11 heteroatoms. The minimum absolute atomic E-state index is 0.547. The van der Waals surface area contributed by atoms with E-state index < -0.39 is 53.0 Å². The predicted octanol–water partition coefficient (Wildman–Crippen LogP) is 9.08. The van der Waals surface area contributed by atoms with Gasteiger partial charge in [0, 0.05) is 21.5 Å². The van der Waals surface area contributed by atoms with Crippen LogP contribution in [0, 0.1) is 0 Å². The normalized spacial score (nSPS) is 23.3. The van der Waals surface area contributed by atoms with Crippen LogP contribution in [-0.4, -0.2) is 36.5 Å². The molecule has 0 unspecified atom stereocenters. The molecule has 0 spiro atoms. The Kier molecular flexibility index (Phi) is 7.08. The second-order valence-electron chi connectivity index (χ2n) is 11.2. The number of hydrogen-bond acceptors (Lipinski definition) is 9. The van der Waals surface area contributed by atoms with Crippen molar-refractivity contribution in [3.8, 4) is 0 Å². The predicted molar refractivity (Wildman–Crippen MR) is 168 cm³/mol. The molecule has 2 fully saturated rings. The fourth-order valence-corrected chi connectivity index (χ4v) is 8.17. The van der Waals surface area contributed by atoms with E-state index in [0.717, 1.165) is 21.5 Å². The zero-order valence-corrected chi connectivity index (χ0v) is 26.0. The Bertz CT molecular complexity index is 1950. The Morgan fingerprint density at radius 3 is 1.52 bits per heavy atom. The quantitative estimate of drug-likeness (QED) is 0.184. The third-order valence-corrected chi connectivity index (χ3v) is 10.1. The monoisotopic (exact) mass is 632 g/mol. The summed E-state index contributed by atoms with van der Waals surface area (Å²) < 4.78 is 57.2. The summed E-state index contributed by atoms with van der Waals surface area (Å²) in [6, 6.07) is 31.3. The highest BCUT2D eigenvalue weighted by atomic mass is 31.1. The van der Waals surface area contributed by atoms with Gasteiger partial charge in [0.05, 0.1) is 6.10 Å². The van der Waals surface area contributed by atoms with Crippen LogP contribution in [0.5, 0.6) is 0 Å². The van der Waals surface area contributed by atoms with E-state index in [1.807, 2.05) is 118 Å². The van der Waals surface area contributed by atoms with Crippen molar-refractivity contribution in [1.29, 1.82) is 0 Å². The van der Waals surface area contributed by atoms with Crippen molar-refractivity contribution >= 4 is 60.4 Å². The lowest BCUT2D eigenvalue weighted by atomic mass is 10.1. The number of benzene rings is 4. The molecule has 5 atom stereocenters. The van der Waals surface area contributed by atoms with Crippen LogP contribution in [-0.2, 0) is 14.2 Å². The average Bonchev–Trinajstić information content (AvgIpc) is 3.36. The van der Waals surface area contributed by atoms with Gasteiger partial charge in [-0.3, -0.25) is 9.05 Å². The molecule has 0 N–H and O–H groups in total. The van der Waals surface area contributed by atoms with Gasteiger partial charge < -0.3 is 31.0 Å². The highest BCUT2D eigenvalue weighted by Gasteiger charge is 2.58. The van der Waals surface area contributed by atoms with E-state index in [0.29, 0.717) is 22.3 Å². The zero-order valence-electron chi connectivity index (χ0n) is 24.2. The van der Waals surface area contributed by atoms with Crippen LogP contribution in [0.4, 0.5) is 0 Å². The van der Waals surface area contributed by atoms with Crippen molar-refractivity contribution in [1.82, 2.24) is 0 Å². The van der Waals surface area contributed by atoms with Gasteiger partial charge in [-0.15, -0.1) is 0 Å². The first kappa shape index (κ1) is 28.0. The Balaban J connectivity index is 1.18. The number of para-hydroxylation sites is 4.